The van der Waals surface area contributed by atoms with Crippen LogP contribution in [0, 0.1) is 5.92 Å². The summed E-state index contributed by atoms with van der Waals surface area (Å²) in [5, 5.41) is 9.06. The molecule has 23 heavy (non-hydrogen) atoms. The summed E-state index contributed by atoms with van der Waals surface area (Å²) in [5.41, 5.74) is 0. The summed E-state index contributed by atoms with van der Waals surface area (Å²) in [6.45, 7) is 6.58. The van der Waals surface area contributed by atoms with Crippen LogP contribution >= 0.6 is 0 Å². The molecule has 0 bridgehead atoms. The lowest BCUT2D eigenvalue weighted by molar-refractivity contribution is -0.145. The van der Waals surface area contributed by atoms with Crippen LogP contribution in [0.5, 0.6) is 0 Å². The van der Waals surface area contributed by atoms with Gasteiger partial charge in [-0.05, 0) is 32.1 Å². The fourth-order valence-corrected chi connectivity index (χ4v) is 3.01. The predicted octanol–water partition coefficient (Wildman–Crippen LogP) is 2.13. The second-order valence-electron chi connectivity index (χ2n) is 6.25. The number of likely N-dealkylation sites (tertiary alicyclic amines) is 1. The van der Waals surface area contributed by atoms with Crippen molar-refractivity contribution in [1.82, 2.24) is 9.80 Å². The molecule has 0 aromatic rings. The Balaban J connectivity index is 2.35. The average molecular weight is 326 g/mol. The maximum atomic E-state index is 12.2. The van der Waals surface area contributed by atoms with Gasteiger partial charge in [0.2, 0.25) is 11.8 Å². The number of hydrogen-bond acceptors (Lipinski definition) is 3. The lowest BCUT2D eigenvalue weighted by Crippen LogP contribution is -2.42. The molecule has 132 valence electrons. The van der Waals surface area contributed by atoms with Crippen LogP contribution in [0.4, 0.5) is 0 Å². The molecule has 6 heteroatoms. The molecule has 0 aliphatic carbocycles. The minimum Gasteiger partial charge on any atom is -0.481 e. The van der Waals surface area contributed by atoms with Crippen molar-refractivity contribution in [2.75, 3.05) is 26.2 Å². The summed E-state index contributed by atoms with van der Waals surface area (Å²) >= 11 is 0. The van der Waals surface area contributed by atoms with Gasteiger partial charge in [-0.15, -0.1) is 0 Å². The number of piperidine rings is 1. The molecule has 2 amide bonds. The number of aliphatic carboxylic acids is 1. The molecule has 1 saturated heterocycles. The quantitative estimate of drug-likeness (QED) is 0.704. The largest absolute Gasteiger partial charge is 0.481 e. The van der Waals surface area contributed by atoms with E-state index in [1.54, 1.807) is 4.90 Å². The molecule has 1 aliphatic rings. The number of rotatable bonds is 9. The lowest BCUT2D eigenvalue weighted by atomic mass is 9.98. The van der Waals surface area contributed by atoms with Crippen molar-refractivity contribution in [1.29, 1.82) is 0 Å². The minimum atomic E-state index is -0.826. The Bertz CT molecular complexity index is 405. The van der Waals surface area contributed by atoms with Crippen LogP contribution in [0.25, 0.3) is 0 Å². The molecular weight excluding hydrogens is 296 g/mol. The fourth-order valence-electron chi connectivity index (χ4n) is 3.01. The van der Waals surface area contributed by atoms with Crippen molar-refractivity contribution in [3.05, 3.63) is 0 Å². The Kier molecular flexibility index (Phi) is 8.66. The molecule has 6 nitrogen and oxygen atoms in total. The number of carboxylic acids is 1. The lowest BCUT2D eigenvalue weighted by Gasteiger charge is -2.30. The van der Waals surface area contributed by atoms with Crippen LogP contribution in [-0.4, -0.2) is 58.9 Å². The highest BCUT2D eigenvalue weighted by Gasteiger charge is 2.27. The highest BCUT2D eigenvalue weighted by atomic mass is 16.4. The van der Waals surface area contributed by atoms with Gasteiger partial charge < -0.3 is 14.9 Å². The second kappa shape index (κ2) is 10.2. The van der Waals surface area contributed by atoms with E-state index in [1.807, 2.05) is 4.90 Å². The molecule has 1 unspecified atom stereocenters. The van der Waals surface area contributed by atoms with Crippen molar-refractivity contribution < 1.29 is 19.5 Å². The Hall–Kier alpha value is -1.59. The number of amides is 2. The Labute approximate surface area is 138 Å². The van der Waals surface area contributed by atoms with E-state index >= 15 is 0 Å². The summed E-state index contributed by atoms with van der Waals surface area (Å²) < 4.78 is 0. The monoisotopic (exact) mass is 326 g/mol. The van der Waals surface area contributed by atoms with Crippen LogP contribution < -0.4 is 0 Å². The van der Waals surface area contributed by atoms with Crippen molar-refractivity contribution in [3.8, 4) is 0 Å². The first-order valence-electron chi connectivity index (χ1n) is 8.77. The molecular formula is C17H30N2O4. The Morgan fingerprint density at radius 1 is 1.13 bits per heavy atom. The van der Waals surface area contributed by atoms with E-state index in [0.29, 0.717) is 38.8 Å². The van der Waals surface area contributed by atoms with Gasteiger partial charge in [-0.3, -0.25) is 14.4 Å². The first kappa shape index (κ1) is 19.5. The number of carbonyl (C=O) groups is 3. The molecule has 1 aliphatic heterocycles. The minimum absolute atomic E-state index is 0.0266. The van der Waals surface area contributed by atoms with E-state index in [-0.39, 0.29) is 11.8 Å². The van der Waals surface area contributed by atoms with Crippen LogP contribution in [-0.2, 0) is 14.4 Å². The van der Waals surface area contributed by atoms with Crippen molar-refractivity contribution in [3.63, 3.8) is 0 Å². The van der Waals surface area contributed by atoms with Crippen LogP contribution in [0.1, 0.15) is 58.8 Å². The normalized spacial score (nSPS) is 17.8. The molecule has 0 saturated carbocycles. The predicted molar refractivity (Wildman–Crippen MR) is 88.0 cm³/mol. The fraction of sp³-hybridized carbons (Fsp3) is 0.824. The van der Waals surface area contributed by atoms with Gasteiger partial charge in [0.25, 0.3) is 0 Å². The smallest absolute Gasteiger partial charge is 0.308 e. The highest BCUT2D eigenvalue weighted by molar-refractivity contribution is 5.80. The molecule has 0 aromatic heterocycles. The summed E-state index contributed by atoms with van der Waals surface area (Å²) in [6.07, 6.45) is 4.51. The van der Waals surface area contributed by atoms with Crippen LogP contribution in [0.15, 0.2) is 0 Å². The van der Waals surface area contributed by atoms with Crippen LogP contribution in [0.2, 0.25) is 0 Å². The van der Waals surface area contributed by atoms with Gasteiger partial charge in [0.05, 0.1) is 5.92 Å². The molecule has 0 aromatic carbocycles. The maximum absolute atomic E-state index is 12.2. The zero-order chi connectivity index (χ0) is 17.2. The van der Waals surface area contributed by atoms with Crippen molar-refractivity contribution in [2.45, 2.75) is 58.8 Å². The van der Waals surface area contributed by atoms with E-state index in [4.69, 9.17) is 5.11 Å². The summed E-state index contributed by atoms with van der Waals surface area (Å²) in [5.74, 6) is -1.18. The second-order valence-corrected chi connectivity index (χ2v) is 6.25. The van der Waals surface area contributed by atoms with Gasteiger partial charge >= 0.3 is 5.97 Å². The Morgan fingerprint density at radius 3 is 2.35 bits per heavy atom. The number of carbonyl (C=O) groups excluding carboxylic acids is 2. The zero-order valence-corrected chi connectivity index (χ0v) is 14.4. The van der Waals surface area contributed by atoms with E-state index in [2.05, 4.69) is 13.8 Å². The number of carboxylic acid groups (broad SMARTS) is 1. The van der Waals surface area contributed by atoms with Gasteiger partial charge in [-0.2, -0.15) is 0 Å². The van der Waals surface area contributed by atoms with Crippen LogP contribution in [0.3, 0.4) is 0 Å². The highest BCUT2D eigenvalue weighted by Crippen LogP contribution is 2.18. The van der Waals surface area contributed by atoms with E-state index in [0.717, 1.165) is 32.4 Å². The van der Waals surface area contributed by atoms with Gasteiger partial charge in [0, 0.05) is 39.0 Å². The van der Waals surface area contributed by atoms with Gasteiger partial charge in [0.1, 0.15) is 0 Å². The average Bonchev–Trinajstić information content (AvgIpc) is 2.54. The maximum Gasteiger partial charge on any atom is 0.308 e. The molecule has 0 radical (unpaired) electrons. The molecule has 1 N–H and O–H groups in total. The molecule has 1 rings (SSSR count). The zero-order valence-electron chi connectivity index (χ0n) is 14.4. The van der Waals surface area contributed by atoms with E-state index in [1.165, 1.54) is 0 Å². The van der Waals surface area contributed by atoms with Gasteiger partial charge in [0.15, 0.2) is 0 Å². The summed E-state index contributed by atoms with van der Waals surface area (Å²) in [4.78, 5) is 38.9. The third kappa shape index (κ3) is 6.59. The van der Waals surface area contributed by atoms with E-state index in [9.17, 15) is 14.4 Å². The third-order valence-corrected chi connectivity index (χ3v) is 4.24. The van der Waals surface area contributed by atoms with Crippen molar-refractivity contribution >= 4 is 17.8 Å². The van der Waals surface area contributed by atoms with Gasteiger partial charge in [-0.1, -0.05) is 13.8 Å². The molecule has 1 heterocycles. The first-order chi connectivity index (χ1) is 11.0. The molecule has 1 atom stereocenters. The summed E-state index contributed by atoms with van der Waals surface area (Å²) in [6, 6.07) is 0. The first-order valence-corrected chi connectivity index (χ1v) is 8.77. The molecule has 1 fully saturated rings. The third-order valence-electron chi connectivity index (χ3n) is 4.24. The molecule has 0 spiro atoms. The number of hydrogen-bond donors (Lipinski definition) is 1. The van der Waals surface area contributed by atoms with E-state index < -0.39 is 11.9 Å². The number of nitrogens with zero attached hydrogens (tertiary/aromatic N) is 2. The summed E-state index contributed by atoms with van der Waals surface area (Å²) in [7, 11) is 0. The Morgan fingerprint density at radius 2 is 1.78 bits per heavy atom. The standard InChI is InChI=1S/C17H30N2O4/c1-3-10-18(11-4-2)15(20)8-5-9-16(21)19-12-6-7-14(13-19)17(22)23/h14H,3-13H2,1-2H3,(H,22,23). The van der Waals surface area contributed by atoms with Gasteiger partial charge in [-0.25, -0.2) is 0 Å². The SMILES string of the molecule is CCCN(CCC)C(=O)CCCC(=O)N1CCCC(C(=O)O)C1. The topological polar surface area (TPSA) is 77.9 Å². The van der Waals surface area contributed by atoms with Crippen molar-refractivity contribution in [2.24, 2.45) is 5.92 Å².